The number of hydrogen-bond donors (Lipinski definition) is 1. The van der Waals surface area contributed by atoms with Crippen molar-refractivity contribution >= 4 is 24.2 Å². The van der Waals surface area contributed by atoms with Gasteiger partial charge in [-0.2, -0.15) is 12.6 Å². The van der Waals surface area contributed by atoms with E-state index >= 15 is 0 Å². The molecule has 0 bridgehead atoms. The van der Waals surface area contributed by atoms with Crippen LogP contribution in [0.15, 0.2) is 24.3 Å². The Morgan fingerprint density at radius 1 is 1.20 bits per heavy atom. The van der Waals surface area contributed by atoms with Crippen LogP contribution in [0.4, 0.5) is 5.69 Å². The second-order valence-electron chi connectivity index (χ2n) is 5.83. The van der Waals surface area contributed by atoms with E-state index in [-0.39, 0.29) is 11.3 Å². The molecule has 0 aliphatic carbocycles. The highest BCUT2D eigenvalue weighted by molar-refractivity contribution is 7.80. The molecule has 0 unspecified atom stereocenters. The lowest BCUT2D eigenvalue weighted by atomic mass is 9.83. The summed E-state index contributed by atoms with van der Waals surface area (Å²) >= 11 is 4.55. The van der Waals surface area contributed by atoms with Gasteiger partial charge in [0, 0.05) is 18.7 Å². The highest BCUT2D eigenvalue weighted by Crippen LogP contribution is 2.34. The van der Waals surface area contributed by atoms with Crippen molar-refractivity contribution < 1.29 is 4.79 Å². The number of amides is 1. The Morgan fingerprint density at radius 3 is 2.55 bits per heavy atom. The minimum absolute atomic E-state index is 0.121. The maximum absolute atomic E-state index is 12.5. The van der Waals surface area contributed by atoms with Gasteiger partial charge in [-0.3, -0.25) is 4.79 Å². The van der Waals surface area contributed by atoms with Gasteiger partial charge in [0.05, 0.1) is 0 Å². The molecule has 1 aromatic carbocycles. The first kappa shape index (κ1) is 15.4. The van der Waals surface area contributed by atoms with Gasteiger partial charge in [-0.05, 0) is 48.5 Å². The number of anilines is 1. The molecule has 0 spiro atoms. The first-order chi connectivity index (χ1) is 9.65. The van der Waals surface area contributed by atoms with Crippen molar-refractivity contribution in [2.24, 2.45) is 5.41 Å². The zero-order valence-corrected chi connectivity index (χ0v) is 13.5. The molecule has 0 saturated carbocycles. The molecule has 0 radical (unpaired) electrons. The van der Waals surface area contributed by atoms with E-state index < -0.39 is 0 Å². The lowest BCUT2D eigenvalue weighted by Crippen LogP contribution is -2.42. The average molecular weight is 291 g/mol. The Bertz CT molecular complexity index is 460. The van der Waals surface area contributed by atoms with Crippen LogP contribution in [0.2, 0.25) is 0 Å². The molecule has 0 aromatic heterocycles. The fourth-order valence-corrected chi connectivity index (χ4v) is 3.49. The first-order valence-electron chi connectivity index (χ1n) is 7.65. The first-order valence-corrected chi connectivity index (χ1v) is 8.28. The Balaban J connectivity index is 2.35. The maximum atomic E-state index is 12.5. The Kier molecular flexibility index (Phi) is 5.14. The van der Waals surface area contributed by atoms with Gasteiger partial charge in [-0.25, -0.2) is 0 Å². The van der Waals surface area contributed by atoms with Crippen LogP contribution >= 0.6 is 12.6 Å². The largest absolute Gasteiger partial charge is 0.312 e. The van der Waals surface area contributed by atoms with Crippen LogP contribution in [0.3, 0.4) is 0 Å². The zero-order chi connectivity index (χ0) is 14.6. The molecular weight excluding hydrogens is 266 g/mol. The summed E-state index contributed by atoms with van der Waals surface area (Å²) in [6.45, 7) is 5.20. The molecule has 2 rings (SSSR count). The molecule has 110 valence electrons. The number of benzene rings is 1. The van der Waals surface area contributed by atoms with E-state index in [1.165, 1.54) is 5.56 Å². The van der Waals surface area contributed by atoms with Crippen LogP contribution in [0, 0.1) is 5.41 Å². The van der Waals surface area contributed by atoms with Crippen LogP contribution in [0.5, 0.6) is 0 Å². The predicted octanol–water partition coefficient (Wildman–Crippen LogP) is 4.09. The van der Waals surface area contributed by atoms with Crippen molar-refractivity contribution in [2.45, 2.75) is 46.0 Å². The monoisotopic (exact) mass is 291 g/mol. The molecule has 0 saturated heterocycles. The van der Waals surface area contributed by atoms with Crippen LogP contribution < -0.4 is 4.90 Å². The smallest absolute Gasteiger partial charge is 0.227 e. The van der Waals surface area contributed by atoms with E-state index in [1.807, 2.05) is 11.0 Å². The van der Waals surface area contributed by atoms with Crippen molar-refractivity contribution in [3.8, 4) is 0 Å². The van der Waals surface area contributed by atoms with Gasteiger partial charge < -0.3 is 4.90 Å². The lowest BCUT2D eigenvalue weighted by Gasteiger charge is -2.36. The van der Waals surface area contributed by atoms with E-state index in [2.05, 4.69) is 44.7 Å². The van der Waals surface area contributed by atoms with Crippen molar-refractivity contribution in [2.75, 3.05) is 17.2 Å². The zero-order valence-electron chi connectivity index (χ0n) is 12.6. The van der Waals surface area contributed by atoms with Crippen molar-refractivity contribution in [3.05, 3.63) is 29.8 Å². The SMILES string of the molecule is CCC(CC)(CS)CN1C(=O)CCCc2ccccc21. The summed E-state index contributed by atoms with van der Waals surface area (Å²) in [6, 6.07) is 8.34. The van der Waals surface area contributed by atoms with Gasteiger partial charge in [0.15, 0.2) is 0 Å². The normalized spacial score (nSPS) is 15.9. The third-order valence-corrected chi connectivity index (χ3v) is 5.42. The summed E-state index contributed by atoms with van der Waals surface area (Å²) in [5.41, 5.74) is 2.54. The van der Waals surface area contributed by atoms with E-state index in [0.29, 0.717) is 6.42 Å². The number of para-hydroxylation sites is 1. The Morgan fingerprint density at radius 2 is 1.90 bits per heavy atom. The van der Waals surface area contributed by atoms with E-state index in [9.17, 15) is 4.79 Å². The van der Waals surface area contributed by atoms with Crippen molar-refractivity contribution in [1.29, 1.82) is 0 Å². The van der Waals surface area contributed by atoms with Crippen molar-refractivity contribution in [1.82, 2.24) is 0 Å². The summed E-state index contributed by atoms with van der Waals surface area (Å²) in [6.07, 6.45) is 4.73. The Labute approximate surface area is 128 Å². The van der Waals surface area contributed by atoms with Gasteiger partial charge in [0.2, 0.25) is 5.91 Å². The van der Waals surface area contributed by atoms with Gasteiger partial charge in [-0.1, -0.05) is 32.0 Å². The molecule has 20 heavy (non-hydrogen) atoms. The Hall–Kier alpha value is -0.960. The molecule has 1 heterocycles. The second-order valence-corrected chi connectivity index (χ2v) is 6.14. The summed E-state index contributed by atoms with van der Waals surface area (Å²) in [7, 11) is 0. The molecule has 2 nitrogen and oxygen atoms in total. The highest BCUT2D eigenvalue weighted by atomic mass is 32.1. The number of hydrogen-bond acceptors (Lipinski definition) is 2. The summed E-state index contributed by atoms with van der Waals surface area (Å²) in [5, 5.41) is 0. The van der Waals surface area contributed by atoms with Gasteiger partial charge in [-0.15, -0.1) is 0 Å². The summed E-state index contributed by atoms with van der Waals surface area (Å²) in [5.74, 6) is 1.09. The number of rotatable bonds is 5. The average Bonchev–Trinajstić information content (AvgIpc) is 2.64. The van der Waals surface area contributed by atoms with Gasteiger partial charge in [0.25, 0.3) is 0 Å². The topological polar surface area (TPSA) is 20.3 Å². The molecule has 3 heteroatoms. The predicted molar refractivity (Wildman–Crippen MR) is 88.6 cm³/mol. The molecule has 0 atom stereocenters. The fraction of sp³-hybridized carbons (Fsp3) is 0.588. The number of thiol groups is 1. The maximum Gasteiger partial charge on any atom is 0.227 e. The van der Waals surface area contributed by atoms with Gasteiger partial charge in [0.1, 0.15) is 0 Å². The third kappa shape index (κ3) is 3.03. The minimum Gasteiger partial charge on any atom is -0.312 e. The quantitative estimate of drug-likeness (QED) is 0.810. The van der Waals surface area contributed by atoms with Crippen molar-refractivity contribution in [3.63, 3.8) is 0 Å². The number of carbonyl (C=O) groups is 1. The summed E-state index contributed by atoms with van der Waals surface area (Å²) < 4.78 is 0. The van der Waals surface area contributed by atoms with Crippen LogP contribution in [-0.2, 0) is 11.2 Å². The molecule has 1 aliphatic heterocycles. The molecule has 1 aromatic rings. The highest BCUT2D eigenvalue weighted by Gasteiger charge is 2.32. The molecule has 1 aliphatic rings. The van der Waals surface area contributed by atoms with E-state index in [0.717, 1.165) is 43.7 Å². The molecule has 0 N–H and O–H groups in total. The number of aryl methyl sites for hydroxylation is 1. The van der Waals surface area contributed by atoms with Crippen LogP contribution in [0.25, 0.3) is 0 Å². The minimum atomic E-state index is 0.121. The van der Waals surface area contributed by atoms with E-state index in [1.54, 1.807) is 0 Å². The number of nitrogens with zero attached hydrogens (tertiary/aromatic N) is 1. The number of fused-ring (bicyclic) bond motifs is 1. The van der Waals surface area contributed by atoms with Crippen LogP contribution in [0.1, 0.15) is 45.1 Å². The second kappa shape index (κ2) is 6.66. The third-order valence-electron chi connectivity index (χ3n) is 4.75. The lowest BCUT2D eigenvalue weighted by molar-refractivity contribution is -0.118. The fourth-order valence-electron chi connectivity index (χ4n) is 2.94. The van der Waals surface area contributed by atoms with Gasteiger partial charge >= 0.3 is 0 Å². The molecule has 0 fully saturated rings. The molecular formula is C17H25NOS. The molecule has 1 amide bonds. The van der Waals surface area contributed by atoms with Crippen LogP contribution in [-0.4, -0.2) is 18.2 Å². The number of carbonyl (C=O) groups excluding carboxylic acids is 1. The summed E-state index contributed by atoms with van der Waals surface area (Å²) in [4.78, 5) is 14.5. The van der Waals surface area contributed by atoms with E-state index in [4.69, 9.17) is 0 Å². The standard InChI is InChI=1S/C17H25NOS/c1-3-17(4-2,13-20)12-18-15-10-6-5-8-14(15)9-7-11-16(18)19/h5-6,8,10,20H,3-4,7,9,11-13H2,1-2H3.